The minimum Gasteiger partial charge on any atom is -0.380 e. The van der Waals surface area contributed by atoms with Crippen LogP contribution in [0.2, 0.25) is 0 Å². The molecule has 0 aromatic carbocycles. The summed E-state index contributed by atoms with van der Waals surface area (Å²) in [5.41, 5.74) is 0.857. The van der Waals surface area contributed by atoms with E-state index in [0.717, 1.165) is 38.0 Å². The monoisotopic (exact) mass is 313 g/mol. The highest BCUT2D eigenvalue weighted by Crippen LogP contribution is 2.19. The Kier molecular flexibility index (Phi) is 6.06. The fourth-order valence-electron chi connectivity index (χ4n) is 2.59. The van der Waals surface area contributed by atoms with Crippen LogP contribution in [-0.2, 0) is 11.3 Å². The van der Waals surface area contributed by atoms with Crippen molar-refractivity contribution in [3.05, 3.63) is 22.6 Å². The molecule has 2 atom stereocenters. The first kappa shape index (κ1) is 16.3. The zero-order valence-electron chi connectivity index (χ0n) is 12.8. The number of nitrogens with zero attached hydrogens (tertiary/aromatic N) is 3. The summed E-state index contributed by atoms with van der Waals surface area (Å²) in [6.07, 6.45) is 4.93. The molecule has 1 aliphatic heterocycles. The summed E-state index contributed by atoms with van der Waals surface area (Å²) in [7, 11) is 1.73. The standard InChI is InChI=1S/C15H24ClN3O2/c1-12(3-6-16)4-8-19-15(20)9-13(10-17-19)18-7-5-14(11-18)21-2/h9-10,12,14H,3-8,11H2,1-2H3. The topological polar surface area (TPSA) is 47.4 Å². The average Bonchev–Trinajstić information content (AvgIpc) is 2.95. The summed E-state index contributed by atoms with van der Waals surface area (Å²) in [6.45, 7) is 4.54. The van der Waals surface area contributed by atoms with Gasteiger partial charge in [-0.3, -0.25) is 4.79 Å². The minimum absolute atomic E-state index is 0.0357. The van der Waals surface area contributed by atoms with Crippen LogP contribution in [0.4, 0.5) is 5.69 Å². The molecule has 1 fully saturated rings. The third kappa shape index (κ3) is 4.45. The summed E-state index contributed by atoms with van der Waals surface area (Å²) in [6, 6.07) is 1.68. The van der Waals surface area contributed by atoms with Crippen LogP contribution >= 0.6 is 11.6 Å². The molecule has 6 heteroatoms. The van der Waals surface area contributed by atoms with E-state index in [1.807, 2.05) is 0 Å². The van der Waals surface area contributed by atoms with Gasteiger partial charge in [0.25, 0.3) is 5.56 Å². The SMILES string of the molecule is COC1CCN(c2cnn(CCC(C)CCCl)c(=O)c2)C1. The number of aromatic nitrogens is 2. The lowest BCUT2D eigenvalue weighted by atomic mass is 10.1. The van der Waals surface area contributed by atoms with Gasteiger partial charge in [0.2, 0.25) is 0 Å². The van der Waals surface area contributed by atoms with E-state index in [4.69, 9.17) is 16.3 Å². The molecule has 0 bridgehead atoms. The molecule has 21 heavy (non-hydrogen) atoms. The molecule has 0 radical (unpaired) electrons. The summed E-state index contributed by atoms with van der Waals surface area (Å²) < 4.78 is 6.89. The minimum atomic E-state index is -0.0357. The van der Waals surface area contributed by atoms with Crippen LogP contribution in [0.15, 0.2) is 17.1 Å². The Bertz CT molecular complexity index is 506. The van der Waals surface area contributed by atoms with Gasteiger partial charge in [0.1, 0.15) is 0 Å². The quantitative estimate of drug-likeness (QED) is 0.724. The third-order valence-electron chi connectivity index (χ3n) is 4.13. The van der Waals surface area contributed by atoms with Crippen LogP contribution in [0.25, 0.3) is 0 Å². The number of halogens is 1. The molecule has 2 unspecified atom stereocenters. The largest absolute Gasteiger partial charge is 0.380 e. The lowest BCUT2D eigenvalue weighted by Gasteiger charge is -2.18. The zero-order valence-corrected chi connectivity index (χ0v) is 13.6. The number of hydrogen-bond donors (Lipinski definition) is 0. The number of hydrogen-bond acceptors (Lipinski definition) is 4. The normalized spacial score (nSPS) is 20.0. The lowest BCUT2D eigenvalue weighted by Crippen LogP contribution is -2.28. The molecular formula is C15H24ClN3O2. The molecule has 1 saturated heterocycles. The van der Waals surface area contributed by atoms with Crippen LogP contribution in [0.1, 0.15) is 26.2 Å². The number of methoxy groups -OCH3 is 1. The lowest BCUT2D eigenvalue weighted by molar-refractivity contribution is 0.121. The average molecular weight is 314 g/mol. The van der Waals surface area contributed by atoms with Gasteiger partial charge in [-0.15, -0.1) is 11.6 Å². The fourth-order valence-corrected chi connectivity index (χ4v) is 2.97. The molecule has 118 valence electrons. The second kappa shape index (κ2) is 7.80. The Morgan fingerprint density at radius 1 is 1.52 bits per heavy atom. The Morgan fingerprint density at radius 3 is 2.95 bits per heavy atom. The van der Waals surface area contributed by atoms with Crippen molar-refractivity contribution >= 4 is 17.3 Å². The van der Waals surface area contributed by atoms with Crippen molar-refractivity contribution in [1.29, 1.82) is 0 Å². The number of aryl methyl sites for hydroxylation is 1. The summed E-state index contributed by atoms with van der Waals surface area (Å²) in [5.74, 6) is 1.18. The first-order valence-electron chi connectivity index (χ1n) is 7.55. The second-order valence-electron chi connectivity index (χ2n) is 5.74. The van der Waals surface area contributed by atoms with Gasteiger partial charge >= 0.3 is 0 Å². The smallest absolute Gasteiger partial charge is 0.268 e. The van der Waals surface area contributed by atoms with Crippen LogP contribution < -0.4 is 10.5 Å². The molecular weight excluding hydrogens is 290 g/mol. The van der Waals surface area contributed by atoms with Crippen LogP contribution in [0.5, 0.6) is 0 Å². The van der Waals surface area contributed by atoms with Gasteiger partial charge in [0.05, 0.1) is 18.0 Å². The molecule has 1 aromatic heterocycles. The number of rotatable bonds is 7. The number of ether oxygens (including phenoxy) is 1. The Balaban J connectivity index is 1.96. The summed E-state index contributed by atoms with van der Waals surface area (Å²) in [4.78, 5) is 14.3. The van der Waals surface area contributed by atoms with E-state index in [2.05, 4.69) is 16.9 Å². The highest BCUT2D eigenvalue weighted by atomic mass is 35.5. The molecule has 1 aromatic rings. The van der Waals surface area contributed by atoms with E-state index in [1.54, 1.807) is 19.4 Å². The summed E-state index contributed by atoms with van der Waals surface area (Å²) >= 11 is 5.73. The van der Waals surface area contributed by atoms with Crippen molar-refractivity contribution in [3.63, 3.8) is 0 Å². The molecule has 0 amide bonds. The first-order chi connectivity index (χ1) is 10.1. The molecule has 0 saturated carbocycles. The van der Waals surface area contributed by atoms with Gasteiger partial charge in [0, 0.05) is 38.7 Å². The molecule has 1 aliphatic rings. The van der Waals surface area contributed by atoms with E-state index >= 15 is 0 Å². The van der Waals surface area contributed by atoms with E-state index in [9.17, 15) is 4.79 Å². The molecule has 0 N–H and O–H groups in total. The Labute approximate surface area is 130 Å². The molecule has 0 spiro atoms. The highest BCUT2D eigenvalue weighted by molar-refractivity contribution is 6.17. The van der Waals surface area contributed by atoms with Gasteiger partial charge in [-0.2, -0.15) is 5.10 Å². The predicted octanol–water partition coefficient (Wildman–Crippen LogP) is 2.12. The van der Waals surface area contributed by atoms with Crippen LogP contribution in [0.3, 0.4) is 0 Å². The van der Waals surface area contributed by atoms with E-state index < -0.39 is 0 Å². The van der Waals surface area contributed by atoms with Crippen molar-refractivity contribution in [2.24, 2.45) is 5.92 Å². The maximum atomic E-state index is 12.1. The highest BCUT2D eigenvalue weighted by Gasteiger charge is 2.22. The predicted molar refractivity (Wildman–Crippen MR) is 85.2 cm³/mol. The Hall–Kier alpha value is -1.07. The van der Waals surface area contributed by atoms with Gasteiger partial charge in [-0.05, 0) is 25.2 Å². The van der Waals surface area contributed by atoms with E-state index in [0.29, 0.717) is 18.3 Å². The summed E-state index contributed by atoms with van der Waals surface area (Å²) in [5, 5.41) is 4.29. The van der Waals surface area contributed by atoms with Gasteiger partial charge < -0.3 is 9.64 Å². The molecule has 0 aliphatic carbocycles. The van der Waals surface area contributed by atoms with Crippen molar-refractivity contribution < 1.29 is 4.74 Å². The van der Waals surface area contributed by atoms with E-state index in [-0.39, 0.29) is 11.7 Å². The molecule has 2 rings (SSSR count). The maximum Gasteiger partial charge on any atom is 0.268 e. The first-order valence-corrected chi connectivity index (χ1v) is 8.08. The van der Waals surface area contributed by atoms with Crippen LogP contribution in [-0.4, -0.2) is 42.0 Å². The van der Waals surface area contributed by atoms with Gasteiger partial charge in [-0.25, -0.2) is 4.68 Å². The van der Waals surface area contributed by atoms with Crippen LogP contribution in [0, 0.1) is 5.92 Å². The van der Waals surface area contributed by atoms with Gasteiger partial charge in [-0.1, -0.05) is 6.92 Å². The number of alkyl halides is 1. The van der Waals surface area contributed by atoms with Crippen molar-refractivity contribution in [2.75, 3.05) is 31.0 Å². The Morgan fingerprint density at radius 2 is 2.33 bits per heavy atom. The van der Waals surface area contributed by atoms with Crippen molar-refractivity contribution in [1.82, 2.24) is 9.78 Å². The number of anilines is 1. The zero-order chi connectivity index (χ0) is 15.2. The van der Waals surface area contributed by atoms with Crippen molar-refractivity contribution in [2.45, 2.75) is 38.8 Å². The third-order valence-corrected chi connectivity index (χ3v) is 4.35. The second-order valence-corrected chi connectivity index (χ2v) is 6.12. The maximum absolute atomic E-state index is 12.1. The fraction of sp³-hybridized carbons (Fsp3) is 0.733. The van der Waals surface area contributed by atoms with Gasteiger partial charge in [0.15, 0.2) is 0 Å². The van der Waals surface area contributed by atoms with E-state index in [1.165, 1.54) is 4.68 Å². The molecule has 5 nitrogen and oxygen atoms in total. The van der Waals surface area contributed by atoms with Crippen molar-refractivity contribution in [3.8, 4) is 0 Å². The molecule has 2 heterocycles.